The Kier molecular flexibility index (Phi) is 6.37. The van der Waals surface area contributed by atoms with Crippen LogP contribution in [0.3, 0.4) is 0 Å². The highest BCUT2D eigenvalue weighted by atomic mass is 35.5. The number of hydrogen-bond acceptors (Lipinski definition) is 8. The van der Waals surface area contributed by atoms with Crippen LogP contribution >= 0.6 is 11.6 Å². The lowest BCUT2D eigenvalue weighted by atomic mass is 9.85. The van der Waals surface area contributed by atoms with E-state index in [1.165, 1.54) is 0 Å². The Morgan fingerprint density at radius 3 is 2.75 bits per heavy atom. The van der Waals surface area contributed by atoms with Crippen molar-refractivity contribution in [2.45, 2.75) is 38.2 Å². The number of aromatic nitrogens is 2. The van der Waals surface area contributed by atoms with E-state index in [1.807, 2.05) is 24.3 Å². The van der Waals surface area contributed by atoms with Crippen molar-refractivity contribution in [3.63, 3.8) is 0 Å². The van der Waals surface area contributed by atoms with Gasteiger partial charge in [0.05, 0.1) is 46.6 Å². The van der Waals surface area contributed by atoms with Crippen LogP contribution in [0.1, 0.15) is 37.8 Å². The van der Waals surface area contributed by atoms with Crippen LogP contribution in [0.15, 0.2) is 36.5 Å². The fourth-order valence-corrected chi connectivity index (χ4v) is 5.15. The lowest BCUT2D eigenvalue weighted by Gasteiger charge is -2.32. The van der Waals surface area contributed by atoms with Crippen LogP contribution in [0.5, 0.6) is 5.75 Å². The second kappa shape index (κ2) is 9.49. The van der Waals surface area contributed by atoms with E-state index in [-0.39, 0.29) is 11.5 Å². The molecule has 3 N–H and O–H groups in total. The highest BCUT2D eigenvalue weighted by Crippen LogP contribution is 2.41. The van der Waals surface area contributed by atoms with Gasteiger partial charge in [-0.05, 0) is 42.7 Å². The zero-order chi connectivity index (χ0) is 25.4. The number of aliphatic hydroxyl groups excluding tert-OH is 1. The first-order valence-electron chi connectivity index (χ1n) is 12.0. The van der Waals surface area contributed by atoms with E-state index in [0.717, 1.165) is 42.1 Å². The number of nitriles is 1. The van der Waals surface area contributed by atoms with Gasteiger partial charge in [-0.2, -0.15) is 5.26 Å². The van der Waals surface area contributed by atoms with Crippen LogP contribution in [-0.4, -0.2) is 47.9 Å². The Hall–Kier alpha value is -3.54. The van der Waals surface area contributed by atoms with Gasteiger partial charge in [0, 0.05) is 42.9 Å². The standard InChI is InChI=1S/C27H29ClN6O2/c1-27(2)15-31-25-17(14-29)10-16(11-19(25)27)21-4-7-30-26(32-21)33-22-12-20(28)23(13-24(22)36-3)34-8-5-18(35)6-9-34/h4,7,10-13,18,31,35H,5-6,8-9,15H2,1-3H3,(H,30,32,33). The molecule has 0 spiro atoms. The molecule has 1 saturated heterocycles. The number of fused-ring (bicyclic) bond motifs is 1. The van der Waals surface area contributed by atoms with E-state index >= 15 is 0 Å². The first-order chi connectivity index (χ1) is 17.3. The number of halogens is 1. The third-order valence-electron chi connectivity index (χ3n) is 6.97. The van der Waals surface area contributed by atoms with Crippen LogP contribution in [0, 0.1) is 11.3 Å². The monoisotopic (exact) mass is 504 g/mol. The van der Waals surface area contributed by atoms with E-state index in [1.54, 1.807) is 13.3 Å². The number of hydrogen-bond donors (Lipinski definition) is 3. The zero-order valence-corrected chi connectivity index (χ0v) is 21.4. The summed E-state index contributed by atoms with van der Waals surface area (Å²) >= 11 is 6.66. The molecule has 3 aromatic rings. The minimum absolute atomic E-state index is 0.0800. The van der Waals surface area contributed by atoms with Gasteiger partial charge in [-0.3, -0.25) is 0 Å². The van der Waals surface area contributed by atoms with Gasteiger partial charge in [-0.15, -0.1) is 0 Å². The molecule has 0 atom stereocenters. The van der Waals surface area contributed by atoms with Gasteiger partial charge in [0.15, 0.2) is 0 Å². The van der Waals surface area contributed by atoms with Gasteiger partial charge < -0.3 is 25.4 Å². The Balaban J connectivity index is 1.45. The van der Waals surface area contributed by atoms with E-state index < -0.39 is 0 Å². The average Bonchev–Trinajstić information content (AvgIpc) is 3.19. The number of anilines is 4. The smallest absolute Gasteiger partial charge is 0.227 e. The highest BCUT2D eigenvalue weighted by Gasteiger charge is 2.32. The van der Waals surface area contributed by atoms with Gasteiger partial charge in [-0.1, -0.05) is 25.4 Å². The second-order valence-corrected chi connectivity index (χ2v) is 10.3. The van der Waals surface area contributed by atoms with Crippen LogP contribution in [0.4, 0.5) is 23.0 Å². The van der Waals surface area contributed by atoms with Crippen molar-refractivity contribution < 1.29 is 9.84 Å². The number of benzene rings is 2. The molecule has 0 aliphatic carbocycles. The van der Waals surface area contributed by atoms with Crippen molar-refractivity contribution in [2.24, 2.45) is 0 Å². The van der Waals surface area contributed by atoms with Gasteiger partial charge in [-0.25, -0.2) is 9.97 Å². The molecule has 0 amide bonds. The molecule has 0 bridgehead atoms. The molecular weight excluding hydrogens is 476 g/mol. The summed E-state index contributed by atoms with van der Waals surface area (Å²) in [6.45, 7) is 6.58. The van der Waals surface area contributed by atoms with E-state index in [2.05, 4.69) is 46.5 Å². The van der Waals surface area contributed by atoms with Crippen molar-refractivity contribution in [3.8, 4) is 23.1 Å². The fraction of sp³-hybridized carbons (Fsp3) is 0.370. The molecule has 0 saturated carbocycles. The summed E-state index contributed by atoms with van der Waals surface area (Å²) in [5.74, 6) is 1.01. The van der Waals surface area contributed by atoms with Crippen molar-refractivity contribution in [1.82, 2.24) is 9.97 Å². The Labute approximate surface area is 215 Å². The Bertz CT molecular complexity index is 1340. The maximum atomic E-state index is 9.83. The molecule has 1 fully saturated rings. The molecule has 1 aromatic heterocycles. The van der Waals surface area contributed by atoms with Crippen molar-refractivity contribution >= 4 is 34.6 Å². The number of ether oxygens (including phenoxy) is 1. The summed E-state index contributed by atoms with van der Waals surface area (Å²) in [6.07, 6.45) is 2.85. The number of nitrogens with zero attached hydrogens (tertiary/aromatic N) is 4. The predicted molar refractivity (Wildman–Crippen MR) is 142 cm³/mol. The highest BCUT2D eigenvalue weighted by molar-refractivity contribution is 6.33. The lowest BCUT2D eigenvalue weighted by Crippen LogP contribution is -2.35. The van der Waals surface area contributed by atoms with Crippen LogP contribution < -0.4 is 20.3 Å². The Morgan fingerprint density at radius 2 is 2.03 bits per heavy atom. The summed E-state index contributed by atoms with van der Waals surface area (Å²) in [7, 11) is 1.61. The quantitative estimate of drug-likeness (QED) is 0.441. The van der Waals surface area contributed by atoms with Gasteiger partial charge in [0.25, 0.3) is 0 Å². The molecule has 9 heteroatoms. The molecule has 5 rings (SSSR count). The van der Waals surface area contributed by atoms with E-state index in [4.69, 9.17) is 21.3 Å². The summed E-state index contributed by atoms with van der Waals surface area (Å²) < 4.78 is 5.65. The Morgan fingerprint density at radius 1 is 1.25 bits per heavy atom. The number of aliphatic hydroxyl groups is 1. The molecule has 8 nitrogen and oxygen atoms in total. The predicted octanol–water partition coefficient (Wildman–Crippen LogP) is 5.09. The number of piperidine rings is 1. The number of methoxy groups -OCH3 is 1. The van der Waals surface area contributed by atoms with Gasteiger partial charge in [0.1, 0.15) is 11.8 Å². The normalized spacial score (nSPS) is 16.7. The van der Waals surface area contributed by atoms with Crippen molar-refractivity contribution in [3.05, 3.63) is 52.7 Å². The molecule has 2 aliphatic heterocycles. The van der Waals surface area contributed by atoms with Gasteiger partial charge in [0.2, 0.25) is 5.95 Å². The molecule has 2 aromatic carbocycles. The number of nitrogens with one attached hydrogen (secondary N) is 2. The topological polar surface area (TPSA) is 106 Å². The summed E-state index contributed by atoms with van der Waals surface area (Å²) in [4.78, 5) is 11.3. The van der Waals surface area contributed by atoms with Crippen LogP contribution in [0.2, 0.25) is 5.02 Å². The van der Waals surface area contributed by atoms with Crippen LogP contribution in [0.25, 0.3) is 11.3 Å². The van der Waals surface area contributed by atoms with E-state index in [9.17, 15) is 10.4 Å². The molecule has 3 heterocycles. The second-order valence-electron chi connectivity index (χ2n) is 9.91. The average molecular weight is 505 g/mol. The minimum atomic E-state index is -0.260. The number of rotatable bonds is 5. The van der Waals surface area contributed by atoms with Crippen molar-refractivity contribution in [1.29, 1.82) is 5.26 Å². The van der Waals surface area contributed by atoms with Crippen LogP contribution in [-0.2, 0) is 5.41 Å². The maximum absolute atomic E-state index is 9.83. The summed E-state index contributed by atoms with van der Waals surface area (Å²) in [6, 6.07) is 11.8. The SMILES string of the molecule is COc1cc(N2CCC(O)CC2)c(Cl)cc1Nc1nccc(-c2cc(C#N)c3c(c2)C(C)(C)CN3)n1. The first kappa shape index (κ1) is 24.2. The fourth-order valence-electron chi connectivity index (χ4n) is 4.87. The zero-order valence-electron chi connectivity index (χ0n) is 20.6. The third-order valence-corrected chi connectivity index (χ3v) is 7.27. The molecule has 36 heavy (non-hydrogen) atoms. The van der Waals surface area contributed by atoms with Gasteiger partial charge >= 0.3 is 0 Å². The molecule has 186 valence electrons. The largest absolute Gasteiger partial charge is 0.494 e. The third kappa shape index (κ3) is 4.52. The van der Waals surface area contributed by atoms with Crippen molar-refractivity contribution in [2.75, 3.05) is 42.3 Å². The summed E-state index contributed by atoms with van der Waals surface area (Å²) in [5, 5.41) is 26.8. The molecular formula is C27H29ClN6O2. The first-order valence-corrected chi connectivity index (χ1v) is 12.4. The molecule has 2 aliphatic rings. The molecule has 0 unspecified atom stereocenters. The summed E-state index contributed by atoms with van der Waals surface area (Å²) in [5.41, 5.74) is 5.64. The minimum Gasteiger partial charge on any atom is -0.494 e. The maximum Gasteiger partial charge on any atom is 0.227 e. The lowest BCUT2D eigenvalue weighted by molar-refractivity contribution is 0.145. The van der Waals surface area contributed by atoms with E-state index in [0.29, 0.717) is 46.5 Å². The molecule has 0 radical (unpaired) electrons.